The molecule has 26 heavy (non-hydrogen) atoms. The lowest BCUT2D eigenvalue weighted by Crippen LogP contribution is -2.38. The molecule has 0 saturated heterocycles. The Kier molecular flexibility index (Phi) is 10.6. The number of ether oxygens (including phenoxy) is 1. The van der Waals surface area contributed by atoms with Crippen LogP contribution in [0.4, 0.5) is 0 Å². The zero-order chi connectivity index (χ0) is 18.1. The summed E-state index contributed by atoms with van der Waals surface area (Å²) in [6, 6.07) is 8.24. The number of aryl methyl sites for hydroxylation is 3. The SMILES string of the molecule is CN=C(NCCCc1ccc(OC)cc1)NCCc1nc(C)c(C)s1.I. The van der Waals surface area contributed by atoms with Gasteiger partial charge in [0.15, 0.2) is 5.96 Å². The highest BCUT2D eigenvalue weighted by Gasteiger charge is 2.04. The van der Waals surface area contributed by atoms with Crippen molar-refractivity contribution in [1.82, 2.24) is 15.6 Å². The van der Waals surface area contributed by atoms with Crippen LogP contribution in [0.15, 0.2) is 29.3 Å². The van der Waals surface area contributed by atoms with Gasteiger partial charge >= 0.3 is 0 Å². The van der Waals surface area contributed by atoms with Crippen LogP contribution in [-0.2, 0) is 12.8 Å². The fourth-order valence-corrected chi connectivity index (χ4v) is 3.38. The summed E-state index contributed by atoms with van der Waals surface area (Å²) in [7, 11) is 3.49. The van der Waals surface area contributed by atoms with Crippen LogP contribution in [0.25, 0.3) is 0 Å². The lowest BCUT2D eigenvalue weighted by molar-refractivity contribution is 0.414. The molecule has 0 saturated carbocycles. The Morgan fingerprint density at radius 2 is 1.81 bits per heavy atom. The van der Waals surface area contributed by atoms with Crippen LogP contribution in [0.1, 0.15) is 27.6 Å². The lowest BCUT2D eigenvalue weighted by atomic mass is 10.1. The van der Waals surface area contributed by atoms with Gasteiger partial charge in [-0.25, -0.2) is 4.98 Å². The second-order valence-electron chi connectivity index (χ2n) is 5.88. The lowest BCUT2D eigenvalue weighted by Gasteiger charge is -2.11. The molecule has 0 aliphatic rings. The summed E-state index contributed by atoms with van der Waals surface area (Å²) in [5, 5.41) is 7.89. The van der Waals surface area contributed by atoms with Gasteiger partial charge in [-0.05, 0) is 44.4 Å². The third-order valence-electron chi connectivity index (χ3n) is 4.02. The maximum atomic E-state index is 5.18. The van der Waals surface area contributed by atoms with Crippen molar-refractivity contribution in [3.63, 3.8) is 0 Å². The number of nitrogens with zero attached hydrogens (tertiary/aromatic N) is 2. The molecule has 5 nitrogen and oxygen atoms in total. The van der Waals surface area contributed by atoms with Gasteiger partial charge in [0.05, 0.1) is 17.8 Å². The molecule has 0 unspecified atom stereocenters. The van der Waals surface area contributed by atoms with Gasteiger partial charge in [0.1, 0.15) is 5.75 Å². The van der Waals surface area contributed by atoms with Crippen LogP contribution in [0.2, 0.25) is 0 Å². The van der Waals surface area contributed by atoms with Crippen LogP contribution in [0, 0.1) is 13.8 Å². The molecule has 2 aromatic rings. The van der Waals surface area contributed by atoms with Gasteiger partial charge in [-0.3, -0.25) is 4.99 Å². The second-order valence-corrected chi connectivity index (χ2v) is 7.16. The first-order valence-corrected chi connectivity index (χ1v) is 9.44. The minimum Gasteiger partial charge on any atom is -0.497 e. The zero-order valence-corrected chi connectivity index (χ0v) is 19.1. The number of rotatable bonds is 8. The molecule has 1 aromatic carbocycles. The summed E-state index contributed by atoms with van der Waals surface area (Å²) < 4.78 is 5.18. The molecule has 144 valence electrons. The Balaban J connectivity index is 0.00000338. The third kappa shape index (κ3) is 7.49. The summed E-state index contributed by atoms with van der Waals surface area (Å²) in [5.74, 6) is 1.75. The fraction of sp³-hybridized carbons (Fsp3) is 0.474. The fourth-order valence-electron chi connectivity index (χ4n) is 2.45. The maximum absolute atomic E-state index is 5.18. The van der Waals surface area contributed by atoms with Gasteiger partial charge in [-0.2, -0.15) is 0 Å². The normalized spacial score (nSPS) is 11.0. The van der Waals surface area contributed by atoms with E-state index >= 15 is 0 Å². The summed E-state index contributed by atoms with van der Waals surface area (Å²) in [4.78, 5) is 10.1. The number of methoxy groups -OCH3 is 1. The van der Waals surface area contributed by atoms with Crippen LogP contribution in [0.3, 0.4) is 0 Å². The number of halogens is 1. The van der Waals surface area contributed by atoms with Crippen molar-refractivity contribution in [2.24, 2.45) is 4.99 Å². The quantitative estimate of drug-likeness (QED) is 0.257. The first-order valence-electron chi connectivity index (χ1n) is 8.62. The smallest absolute Gasteiger partial charge is 0.190 e. The Morgan fingerprint density at radius 1 is 1.12 bits per heavy atom. The third-order valence-corrected chi connectivity index (χ3v) is 5.15. The first-order chi connectivity index (χ1) is 12.1. The van der Waals surface area contributed by atoms with Crippen molar-refractivity contribution in [3.05, 3.63) is 45.4 Å². The van der Waals surface area contributed by atoms with E-state index in [-0.39, 0.29) is 24.0 Å². The molecule has 2 rings (SSSR count). The van der Waals surface area contributed by atoms with Crippen LogP contribution >= 0.6 is 35.3 Å². The number of benzene rings is 1. The molecule has 0 aliphatic carbocycles. The van der Waals surface area contributed by atoms with E-state index in [4.69, 9.17) is 4.74 Å². The van der Waals surface area contributed by atoms with E-state index < -0.39 is 0 Å². The number of hydrogen-bond donors (Lipinski definition) is 2. The molecule has 0 aliphatic heterocycles. The number of aromatic nitrogens is 1. The number of aliphatic imine (C=N–C) groups is 1. The van der Waals surface area contributed by atoms with E-state index in [1.807, 2.05) is 12.1 Å². The van der Waals surface area contributed by atoms with Crippen molar-refractivity contribution in [2.45, 2.75) is 33.1 Å². The monoisotopic (exact) mass is 488 g/mol. The minimum absolute atomic E-state index is 0. The number of guanidine groups is 1. The summed E-state index contributed by atoms with van der Waals surface area (Å²) in [6.07, 6.45) is 3.01. The Bertz CT molecular complexity index is 666. The van der Waals surface area contributed by atoms with Gasteiger partial charge in [-0.1, -0.05) is 12.1 Å². The first kappa shape index (κ1) is 22.7. The van der Waals surface area contributed by atoms with E-state index in [1.54, 1.807) is 25.5 Å². The van der Waals surface area contributed by atoms with Crippen molar-refractivity contribution < 1.29 is 4.74 Å². The molecule has 0 bridgehead atoms. The Morgan fingerprint density at radius 3 is 2.38 bits per heavy atom. The Labute approximate surface area is 177 Å². The van der Waals surface area contributed by atoms with Crippen molar-refractivity contribution >= 4 is 41.3 Å². The largest absolute Gasteiger partial charge is 0.497 e. The van der Waals surface area contributed by atoms with E-state index in [9.17, 15) is 0 Å². The molecule has 1 heterocycles. The molecule has 0 radical (unpaired) electrons. The van der Waals surface area contributed by atoms with E-state index in [0.717, 1.165) is 49.8 Å². The van der Waals surface area contributed by atoms with E-state index in [2.05, 4.69) is 46.6 Å². The van der Waals surface area contributed by atoms with E-state index in [1.165, 1.54) is 15.4 Å². The van der Waals surface area contributed by atoms with Crippen LogP contribution in [-0.4, -0.2) is 38.2 Å². The highest BCUT2D eigenvalue weighted by atomic mass is 127. The summed E-state index contributed by atoms with van der Waals surface area (Å²) >= 11 is 1.77. The molecular weight excluding hydrogens is 459 g/mol. The topological polar surface area (TPSA) is 58.5 Å². The average molecular weight is 488 g/mol. The van der Waals surface area contributed by atoms with Crippen LogP contribution in [0.5, 0.6) is 5.75 Å². The van der Waals surface area contributed by atoms with Crippen molar-refractivity contribution in [1.29, 1.82) is 0 Å². The van der Waals surface area contributed by atoms with Crippen LogP contribution < -0.4 is 15.4 Å². The molecular formula is C19H29IN4OS. The van der Waals surface area contributed by atoms with Gasteiger partial charge < -0.3 is 15.4 Å². The average Bonchev–Trinajstić information content (AvgIpc) is 2.95. The molecule has 2 N–H and O–H groups in total. The number of thiazole rings is 1. The van der Waals surface area contributed by atoms with Gasteiger partial charge in [0.2, 0.25) is 0 Å². The standard InChI is InChI=1S/C19H28N4OS.HI/c1-14-15(2)25-18(23-14)11-13-22-19(20-3)21-12-5-6-16-7-9-17(24-4)10-8-16;/h7-10H,5-6,11-13H2,1-4H3,(H2,20,21,22);1H. The van der Waals surface area contributed by atoms with Crippen molar-refractivity contribution in [3.8, 4) is 5.75 Å². The molecule has 0 fully saturated rings. The van der Waals surface area contributed by atoms with Gasteiger partial charge in [0.25, 0.3) is 0 Å². The summed E-state index contributed by atoms with van der Waals surface area (Å²) in [6.45, 7) is 5.91. The van der Waals surface area contributed by atoms with Crippen molar-refractivity contribution in [2.75, 3.05) is 27.2 Å². The minimum atomic E-state index is 0. The van der Waals surface area contributed by atoms with E-state index in [0.29, 0.717) is 0 Å². The van der Waals surface area contributed by atoms with Gasteiger partial charge in [-0.15, -0.1) is 35.3 Å². The Hall–Kier alpha value is -1.35. The maximum Gasteiger partial charge on any atom is 0.190 e. The predicted molar refractivity (Wildman–Crippen MR) is 121 cm³/mol. The second kappa shape index (κ2) is 12.1. The number of hydrogen-bond acceptors (Lipinski definition) is 4. The molecule has 0 amide bonds. The molecule has 7 heteroatoms. The molecule has 0 atom stereocenters. The zero-order valence-electron chi connectivity index (χ0n) is 16.0. The number of nitrogens with one attached hydrogen (secondary N) is 2. The predicted octanol–water partition coefficient (Wildman–Crippen LogP) is 3.73. The molecule has 1 aromatic heterocycles. The van der Waals surface area contributed by atoms with Gasteiger partial charge in [0, 0.05) is 31.4 Å². The highest BCUT2D eigenvalue weighted by molar-refractivity contribution is 14.0. The highest BCUT2D eigenvalue weighted by Crippen LogP contribution is 2.16. The molecule has 0 spiro atoms. The summed E-state index contributed by atoms with van der Waals surface area (Å²) in [5.41, 5.74) is 2.46.